The van der Waals surface area contributed by atoms with E-state index in [1.165, 1.54) is 23.7 Å². The van der Waals surface area contributed by atoms with Gasteiger partial charge in [-0.15, -0.1) is 0 Å². The molecule has 1 aromatic carbocycles. The third-order valence-corrected chi connectivity index (χ3v) is 7.82. The van der Waals surface area contributed by atoms with E-state index in [4.69, 9.17) is 4.74 Å². The summed E-state index contributed by atoms with van der Waals surface area (Å²) in [4.78, 5) is 21.3. The topological polar surface area (TPSA) is 92.7 Å². The van der Waals surface area contributed by atoms with Crippen LogP contribution in [0.15, 0.2) is 23.1 Å². The zero-order valence-electron chi connectivity index (χ0n) is 18.3. The summed E-state index contributed by atoms with van der Waals surface area (Å²) in [6.07, 6.45) is 2.46. The van der Waals surface area contributed by atoms with Crippen LogP contribution in [-0.4, -0.2) is 66.6 Å². The smallest absolute Gasteiger partial charge is 0.263 e. The van der Waals surface area contributed by atoms with Gasteiger partial charge in [-0.3, -0.25) is 4.79 Å². The van der Waals surface area contributed by atoms with E-state index >= 15 is 0 Å². The van der Waals surface area contributed by atoms with Gasteiger partial charge < -0.3 is 14.5 Å². The van der Waals surface area contributed by atoms with E-state index in [1.54, 1.807) is 0 Å². The van der Waals surface area contributed by atoms with Crippen LogP contribution in [0.3, 0.4) is 0 Å². The Bertz CT molecular complexity index is 1100. The number of likely N-dealkylation sites (tertiary alicyclic amines) is 1. The summed E-state index contributed by atoms with van der Waals surface area (Å²) in [6, 6.07) is 3.72. The molecule has 2 aromatic rings. The van der Waals surface area contributed by atoms with E-state index in [0.717, 1.165) is 49.2 Å². The Morgan fingerprint density at radius 3 is 2.50 bits per heavy atom. The lowest BCUT2D eigenvalue weighted by atomic mass is 10.0. The maximum Gasteiger partial charge on any atom is 0.263 e. The highest BCUT2D eigenvalue weighted by Crippen LogP contribution is 2.29. The second kappa shape index (κ2) is 8.93. The summed E-state index contributed by atoms with van der Waals surface area (Å²) in [5.41, 5.74) is 0. The predicted octanol–water partition coefficient (Wildman–Crippen LogP) is 2.85. The maximum absolute atomic E-state index is 14.1. The number of benzene rings is 1. The van der Waals surface area contributed by atoms with Crippen LogP contribution in [0.1, 0.15) is 44.9 Å². The lowest BCUT2D eigenvalue weighted by Gasteiger charge is -2.36. The molecular formula is C21H27FN4O4S2. The average Bonchev–Trinajstić information content (AvgIpc) is 3.35. The van der Waals surface area contributed by atoms with Gasteiger partial charge in [0.25, 0.3) is 5.91 Å². The Labute approximate surface area is 191 Å². The Kier molecular flexibility index (Phi) is 6.39. The second-order valence-corrected chi connectivity index (χ2v) is 11.3. The van der Waals surface area contributed by atoms with Gasteiger partial charge in [0, 0.05) is 61.9 Å². The van der Waals surface area contributed by atoms with Gasteiger partial charge in [-0.25, -0.2) is 17.8 Å². The van der Waals surface area contributed by atoms with Crippen molar-refractivity contribution >= 4 is 32.4 Å². The number of amides is 1. The van der Waals surface area contributed by atoms with Crippen molar-refractivity contribution in [1.82, 2.24) is 14.3 Å². The highest BCUT2D eigenvalue weighted by atomic mass is 32.2. The number of piperidine rings is 1. The normalized spacial score (nSPS) is 20.4. The zero-order valence-corrected chi connectivity index (χ0v) is 20.0. The van der Waals surface area contributed by atoms with Crippen molar-refractivity contribution < 1.29 is 22.3 Å². The minimum atomic E-state index is -3.66. The molecular weight excluding hydrogens is 455 g/mol. The molecule has 2 aliphatic heterocycles. The van der Waals surface area contributed by atoms with Gasteiger partial charge in [0.2, 0.25) is 5.13 Å². The Morgan fingerprint density at radius 1 is 1.19 bits per heavy atom. The molecule has 1 aromatic heterocycles. The number of ether oxygens (including phenoxy) is 1. The van der Waals surface area contributed by atoms with Gasteiger partial charge in [0.15, 0.2) is 15.9 Å². The third-order valence-electron chi connectivity index (χ3n) is 5.90. The lowest BCUT2D eigenvalue weighted by Crippen LogP contribution is -2.47. The van der Waals surface area contributed by atoms with Gasteiger partial charge in [-0.05, 0) is 25.0 Å². The zero-order chi connectivity index (χ0) is 23.0. The quantitative estimate of drug-likeness (QED) is 0.625. The Morgan fingerprint density at radius 2 is 1.91 bits per heavy atom. The van der Waals surface area contributed by atoms with Crippen LogP contribution in [0.25, 0.3) is 0 Å². The first-order chi connectivity index (χ1) is 15.1. The van der Waals surface area contributed by atoms with E-state index in [2.05, 4.69) is 28.1 Å². The molecule has 1 atom stereocenters. The highest BCUT2D eigenvalue weighted by Gasteiger charge is 2.39. The van der Waals surface area contributed by atoms with Crippen molar-refractivity contribution in [1.29, 1.82) is 0 Å². The summed E-state index contributed by atoms with van der Waals surface area (Å²) in [6.45, 7) is 6.36. The van der Waals surface area contributed by atoms with Crippen LogP contribution in [0.4, 0.5) is 9.52 Å². The number of sulfone groups is 1. The number of rotatable bonds is 6. The minimum absolute atomic E-state index is 0.103. The van der Waals surface area contributed by atoms with Gasteiger partial charge in [-0.1, -0.05) is 13.8 Å². The van der Waals surface area contributed by atoms with E-state index in [0.29, 0.717) is 18.9 Å². The molecule has 0 N–H and O–H groups in total. The van der Waals surface area contributed by atoms with Crippen LogP contribution in [0.5, 0.6) is 5.75 Å². The van der Waals surface area contributed by atoms with Gasteiger partial charge >= 0.3 is 0 Å². The summed E-state index contributed by atoms with van der Waals surface area (Å²) in [7, 11) is -3.66. The molecule has 4 rings (SSSR count). The second-order valence-electron chi connectivity index (χ2n) is 8.60. The molecule has 2 saturated heterocycles. The number of carbonyl (C=O) groups excluding carboxylic acids is 1. The molecule has 0 aliphatic carbocycles. The monoisotopic (exact) mass is 482 g/mol. The Balaban J connectivity index is 1.34. The largest absolute Gasteiger partial charge is 0.480 e. The number of carbonyl (C=O) groups is 1. The van der Waals surface area contributed by atoms with Gasteiger partial charge in [0.05, 0.1) is 0 Å². The fourth-order valence-electron chi connectivity index (χ4n) is 4.12. The molecule has 0 saturated carbocycles. The standard InChI is InChI=1S/C21H27FN4O4S2/c1-13(2)19-23-21(31-24-19)25-9-6-14(7-10-25)26-11-8-17(20(26)27)30-15-4-5-18(16(22)12-15)32(3,28)29/h4-5,12-14,17H,6-11H2,1-3H3. The van der Waals surface area contributed by atoms with Crippen molar-refractivity contribution in [2.75, 3.05) is 30.8 Å². The molecule has 2 aliphatic rings. The molecule has 0 spiro atoms. The summed E-state index contributed by atoms with van der Waals surface area (Å²) in [5.74, 6) is 0.337. The van der Waals surface area contributed by atoms with Crippen molar-refractivity contribution in [2.24, 2.45) is 0 Å². The van der Waals surface area contributed by atoms with Crippen molar-refractivity contribution in [3.63, 3.8) is 0 Å². The fraction of sp³-hybridized carbons (Fsp3) is 0.571. The molecule has 1 amide bonds. The van der Waals surface area contributed by atoms with E-state index in [1.807, 2.05) is 4.90 Å². The first-order valence-electron chi connectivity index (χ1n) is 10.7. The Hall–Kier alpha value is -2.27. The molecule has 11 heteroatoms. The first kappa shape index (κ1) is 22.9. The molecule has 8 nitrogen and oxygen atoms in total. The molecule has 0 bridgehead atoms. The van der Waals surface area contributed by atoms with Crippen LogP contribution in [-0.2, 0) is 14.6 Å². The fourth-order valence-corrected chi connectivity index (χ4v) is 5.71. The first-order valence-corrected chi connectivity index (χ1v) is 13.3. The van der Waals surface area contributed by atoms with Gasteiger partial charge in [-0.2, -0.15) is 4.37 Å². The van der Waals surface area contributed by atoms with Crippen LogP contribution in [0.2, 0.25) is 0 Å². The number of aromatic nitrogens is 2. The SMILES string of the molecule is CC(C)c1nsc(N2CCC(N3CCC(Oc4ccc(S(C)(=O)=O)c(F)c4)C3=O)CC2)n1. The molecule has 2 fully saturated rings. The van der Waals surface area contributed by atoms with E-state index in [9.17, 15) is 17.6 Å². The van der Waals surface area contributed by atoms with E-state index < -0.39 is 21.8 Å². The van der Waals surface area contributed by atoms with Crippen LogP contribution in [0, 0.1) is 5.82 Å². The number of hydrogen-bond donors (Lipinski definition) is 0. The number of halogens is 1. The number of nitrogens with zero attached hydrogens (tertiary/aromatic N) is 4. The molecule has 3 heterocycles. The summed E-state index contributed by atoms with van der Waals surface area (Å²) >= 11 is 1.42. The van der Waals surface area contributed by atoms with Crippen molar-refractivity contribution in [2.45, 2.75) is 56.1 Å². The maximum atomic E-state index is 14.1. The average molecular weight is 483 g/mol. The molecule has 174 valence electrons. The number of anilines is 1. The van der Waals surface area contributed by atoms with E-state index in [-0.39, 0.29) is 22.6 Å². The lowest BCUT2D eigenvalue weighted by molar-refractivity contribution is -0.135. The summed E-state index contributed by atoms with van der Waals surface area (Å²) in [5, 5.41) is 0.931. The highest BCUT2D eigenvalue weighted by molar-refractivity contribution is 7.90. The van der Waals surface area contributed by atoms with Crippen LogP contribution >= 0.6 is 11.5 Å². The van der Waals surface area contributed by atoms with Gasteiger partial charge in [0.1, 0.15) is 22.3 Å². The molecule has 0 radical (unpaired) electrons. The molecule has 1 unspecified atom stereocenters. The van der Waals surface area contributed by atoms with Crippen molar-refractivity contribution in [3.8, 4) is 5.75 Å². The molecule has 32 heavy (non-hydrogen) atoms. The van der Waals surface area contributed by atoms with Crippen LogP contribution < -0.4 is 9.64 Å². The predicted molar refractivity (Wildman–Crippen MR) is 119 cm³/mol. The van der Waals surface area contributed by atoms with Crippen molar-refractivity contribution in [3.05, 3.63) is 29.8 Å². The minimum Gasteiger partial charge on any atom is -0.480 e. The third kappa shape index (κ3) is 4.73. The summed E-state index contributed by atoms with van der Waals surface area (Å²) < 4.78 is 47.4. The number of hydrogen-bond acceptors (Lipinski definition) is 8.